The maximum atomic E-state index is 13.1. The Labute approximate surface area is 162 Å². The van der Waals surface area contributed by atoms with Crippen LogP contribution in [0.3, 0.4) is 0 Å². The van der Waals surface area contributed by atoms with E-state index >= 15 is 0 Å². The van der Waals surface area contributed by atoms with Gasteiger partial charge < -0.3 is 14.2 Å². The molecule has 0 radical (unpaired) electrons. The van der Waals surface area contributed by atoms with Crippen molar-refractivity contribution in [3.05, 3.63) is 58.9 Å². The molecule has 0 aliphatic heterocycles. The van der Waals surface area contributed by atoms with E-state index in [0.29, 0.717) is 17.7 Å². The molecule has 0 unspecified atom stereocenters. The fraction of sp³-hybridized carbons (Fsp3) is 0.286. The first-order valence-corrected chi connectivity index (χ1v) is 8.62. The average molecular weight is 388 g/mol. The molecule has 0 amide bonds. The molecule has 0 aromatic heterocycles. The van der Waals surface area contributed by atoms with Gasteiger partial charge in [-0.15, -0.1) is 0 Å². The Balaban J connectivity index is 2.35. The molecule has 7 heteroatoms. The van der Waals surface area contributed by atoms with Crippen LogP contribution in [-0.4, -0.2) is 38.4 Å². The molecule has 2 aromatic rings. The minimum absolute atomic E-state index is 0.0447. The normalized spacial score (nSPS) is 10.3. The van der Waals surface area contributed by atoms with Crippen molar-refractivity contribution >= 4 is 17.5 Å². The number of halogens is 1. The molecule has 0 spiro atoms. The van der Waals surface area contributed by atoms with Gasteiger partial charge in [0, 0.05) is 0 Å². The molecule has 2 aromatic carbocycles. The molecule has 0 saturated carbocycles. The molecule has 0 N–H and O–H groups in total. The van der Waals surface area contributed by atoms with E-state index in [1.807, 2.05) is 0 Å². The standard InChI is InChI=1S/C21H21FO6/c1-4-28-21(25)18(24)12-17(23)16-10-14(11-19(26-2)20(16)27-3)9-13-5-7-15(22)8-6-13/h5-8,10-11H,4,9,12H2,1-3H3. The third-order valence-corrected chi connectivity index (χ3v) is 3.98. The Morgan fingerprint density at radius 2 is 1.64 bits per heavy atom. The van der Waals surface area contributed by atoms with Gasteiger partial charge in [-0.05, 0) is 48.7 Å². The van der Waals surface area contributed by atoms with Gasteiger partial charge in [0.2, 0.25) is 5.78 Å². The number of hydrogen-bond acceptors (Lipinski definition) is 6. The number of benzene rings is 2. The summed E-state index contributed by atoms with van der Waals surface area (Å²) in [5.41, 5.74) is 1.66. The predicted molar refractivity (Wildman–Crippen MR) is 99.3 cm³/mol. The molecular weight excluding hydrogens is 367 g/mol. The number of carbonyl (C=O) groups excluding carboxylic acids is 3. The highest BCUT2D eigenvalue weighted by Crippen LogP contribution is 2.34. The quantitative estimate of drug-likeness (QED) is 0.284. The van der Waals surface area contributed by atoms with Gasteiger partial charge in [0.15, 0.2) is 17.3 Å². The number of esters is 1. The van der Waals surface area contributed by atoms with Gasteiger partial charge in [-0.25, -0.2) is 9.18 Å². The summed E-state index contributed by atoms with van der Waals surface area (Å²) in [7, 11) is 2.80. The van der Waals surface area contributed by atoms with Crippen LogP contribution in [0.2, 0.25) is 0 Å². The van der Waals surface area contributed by atoms with E-state index in [1.54, 1.807) is 31.2 Å². The third kappa shape index (κ3) is 5.16. The molecule has 6 nitrogen and oxygen atoms in total. The third-order valence-electron chi connectivity index (χ3n) is 3.98. The van der Waals surface area contributed by atoms with E-state index in [4.69, 9.17) is 9.47 Å². The summed E-state index contributed by atoms with van der Waals surface area (Å²) in [5, 5.41) is 0. The first-order valence-electron chi connectivity index (χ1n) is 8.62. The number of hydrogen-bond donors (Lipinski definition) is 0. The lowest BCUT2D eigenvalue weighted by atomic mass is 9.97. The van der Waals surface area contributed by atoms with Crippen LogP contribution in [0.5, 0.6) is 11.5 Å². The molecule has 0 bridgehead atoms. The zero-order valence-corrected chi connectivity index (χ0v) is 15.9. The molecule has 28 heavy (non-hydrogen) atoms. The molecular formula is C21H21FO6. The zero-order valence-electron chi connectivity index (χ0n) is 15.9. The van der Waals surface area contributed by atoms with Gasteiger partial charge in [0.05, 0.1) is 32.8 Å². The number of ketones is 2. The molecule has 0 saturated heterocycles. The average Bonchev–Trinajstić information content (AvgIpc) is 2.69. The maximum absolute atomic E-state index is 13.1. The lowest BCUT2D eigenvalue weighted by Gasteiger charge is -2.14. The van der Waals surface area contributed by atoms with Crippen molar-refractivity contribution in [3.63, 3.8) is 0 Å². The van der Waals surface area contributed by atoms with Crippen molar-refractivity contribution in [3.8, 4) is 11.5 Å². The second-order valence-electron chi connectivity index (χ2n) is 5.93. The smallest absolute Gasteiger partial charge is 0.375 e. The van der Waals surface area contributed by atoms with Gasteiger partial charge >= 0.3 is 5.97 Å². The molecule has 0 heterocycles. The Morgan fingerprint density at radius 3 is 2.21 bits per heavy atom. The summed E-state index contributed by atoms with van der Waals surface area (Å²) in [6, 6.07) is 9.24. The first-order chi connectivity index (χ1) is 13.4. The zero-order chi connectivity index (χ0) is 20.7. The summed E-state index contributed by atoms with van der Waals surface area (Å²) in [5.74, 6) is -2.43. The molecule has 0 aliphatic rings. The Bertz CT molecular complexity index is 873. The van der Waals surface area contributed by atoms with Crippen molar-refractivity contribution in [2.24, 2.45) is 0 Å². The highest BCUT2D eigenvalue weighted by molar-refractivity contribution is 6.38. The lowest BCUT2D eigenvalue weighted by Crippen LogP contribution is -2.21. The van der Waals surface area contributed by atoms with E-state index in [2.05, 4.69) is 4.74 Å². The van der Waals surface area contributed by atoms with Crippen molar-refractivity contribution in [2.75, 3.05) is 20.8 Å². The number of ether oxygens (including phenoxy) is 3. The summed E-state index contributed by atoms with van der Waals surface area (Å²) < 4.78 is 28.3. The fourth-order valence-electron chi connectivity index (χ4n) is 2.69. The van der Waals surface area contributed by atoms with Crippen LogP contribution >= 0.6 is 0 Å². The number of carbonyl (C=O) groups is 3. The van der Waals surface area contributed by atoms with E-state index in [-0.39, 0.29) is 23.7 Å². The van der Waals surface area contributed by atoms with Crippen LogP contribution < -0.4 is 9.47 Å². The summed E-state index contributed by atoms with van der Waals surface area (Å²) in [4.78, 5) is 36.0. The Morgan fingerprint density at radius 1 is 0.964 bits per heavy atom. The summed E-state index contributed by atoms with van der Waals surface area (Å²) >= 11 is 0. The lowest BCUT2D eigenvalue weighted by molar-refractivity contribution is -0.153. The Hall–Kier alpha value is -3.22. The number of Topliss-reactive ketones (excluding diaryl/α,β-unsaturated/α-hetero) is 2. The predicted octanol–water partition coefficient (Wildman–Crippen LogP) is 3.14. The monoisotopic (exact) mass is 388 g/mol. The molecule has 0 atom stereocenters. The highest BCUT2D eigenvalue weighted by Gasteiger charge is 2.24. The molecule has 0 aliphatic carbocycles. The van der Waals surface area contributed by atoms with Gasteiger partial charge in [0.1, 0.15) is 5.82 Å². The van der Waals surface area contributed by atoms with Gasteiger partial charge in [0.25, 0.3) is 0 Å². The fourth-order valence-corrected chi connectivity index (χ4v) is 2.69. The number of methoxy groups -OCH3 is 2. The second kappa shape index (κ2) is 9.64. The van der Waals surface area contributed by atoms with E-state index in [9.17, 15) is 18.8 Å². The van der Waals surface area contributed by atoms with Crippen molar-refractivity contribution < 1.29 is 33.0 Å². The van der Waals surface area contributed by atoms with Crippen LogP contribution in [0, 0.1) is 5.82 Å². The van der Waals surface area contributed by atoms with E-state index in [0.717, 1.165) is 5.56 Å². The van der Waals surface area contributed by atoms with Crippen molar-refractivity contribution in [1.82, 2.24) is 0 Å². The van der Waals surface area contributed by atoms with Crippen LogP contribution in [0.4, 0.5) is 4.39 Å². The van der Waals surface area contributed by atoms with E-state index in [1.165, 1.54) is 26.4 Å². The molecule has 0 fully saturated rings. The van der Waals surface area contributed by atoms with Crippen molar-refractivity contribution in [2.45, 2.75) is 19.8 Å². The second-order valence-corrected chi connectivity index (χ2v) is 5.93. The number of rotatable bonds is 9. The topological polar surface area (TPSA) is 78.9 Å². The minimum Gasteiger partial charge on any atom is -0.493 e. The summed E-state index contributed by atoms with van der Waals surface area (Å²) in [6.45, 7) is 1.61. The van der Waals surface area contributed by atoms with Crippen LogP contribution in [0.1, 0.15) is 34.8 Å². The molecule has 148 valence electrons. The van der Waals surface area contributed by atoms with E-state index < -0.39 is 24.0 Å². The van der Waals surface area contributed by atoms with Crippen LogP contribution in [0.25, 0.3) is 0 Å². The van der Waals surface area contributed by atoms with Gasteiger partial charge in [-0.1, -0.05) is 12.1 Å². The maximum Gasteiger partial charge on any atom is 0.375 e. The largest absolute Gasteiger partial charge is 0.493 e. The van der Waals surface area contributed by atoms with Crippen molar-refractivity contribution in [1.29, 1.82) is 0 Å². The van der Waals surface area contributed by atoms with Crippen LogP contribution in [-0.2, 0) is 20.7 Å². The van der Waals surface area contributed by atoms with Gasteiger partial charge in [-0.3, -0.25) is 9.59 Å². The molecule has 2 rings (SSSR count). The summed E-state index contributed by atoms with van der Waals surface area (Å²) in [6.07, 6.45) is -0.231. The Kier molecular flexibility index (Phi) is 7.26. The van der Waals surface area contributed by atoms with Gasteiger partial charge in [-0.2, -0.15) is 0 Å². The SMILES string of the molecule is CCOC(=O)C(=O)CC(=O)c1cc(Cc2ccc(F)cc2)cc(OC)c1OC. The first kappa shape index (κ1) is 21.1. The minimum atomic E-state index is -1.05. The highest BCUT2D eigenvalue weighted by atomic mass is 19.1. The van der Waals surface area contributed by atoms with Crippen LogP contribution in [0.15, 0.2) is 36.4 Å².